The third kappa shape index (κ3) is 4.65. The summed E-state index contributed by atoms with van der Waals surface area (Å²) in [6.45, 7) is 4.23. The van der Waals surface area contributed by atoms with Crippen molar-refractivity contribution in [3.05, 3.63) is 59.2 Å². The number of amides is 1. The summed E-state index contributed by atoms with van der Waals surface area (Å²) in [4.78, 5) is 14.1. The van der Waals surface area contributed by atoms with Gasteiger partial charge < -0.3 is 29.7 Å². The van der Waals surface area contributed by atoms with E-state index in [1.807, 2.05) is 25.1 Å². The number of carbonyl (C=O) groups excluding carboxylic acids is 1. The molecule has 184 valence electrons. The molecular formula is C27H35NO6. The van der Waals surface area contributed by atoms with E-state index in [0.717, 1.165) is 18.4 Å². The first kappa shape index (κ1) is 24.5. The first-order valence-electron chi connectivity index (χ1n) is 11.9. The minimum Gasteiger partial charge on any atom is -0.493 e. The Labute approximate surface area is 200 Å². The molecule has 0 spiro atoms. The lowest BCUT2D eigenvalue weighted by Crippen LogP contribution is -2.42. The van der Waals surface area contributed by atoms with Crippen LogP contribution in [0.1, 0.15) is 36.5 Å². The Morgan fingerprint density at radius 2 is 1.82 bits per heavy atom. The molecule has 4 unspecified atom stereocenters. The van der Waals surface area contributed by atoms with Crippen LogP contribution in [0.25, 0.3) is 0 Å². The van der Waals surface area contributed by atoms with E-state index < -0.39 is 30.1 Å². The number of rotatable bonds is 8. The minimum atomic E-state index is -1.46. The highest BCUT2D eigenvalue weighted by atomic mass is 16.5. The van der Waals surface area contributed by atoms with Gasteiger partial charge in [-0.15, -0.1) is 0 Å². The smallest absolute Gasteiger partial charge is 0.253 e. The van der Waals surface area contributed by atoms with Crippen LogP contribution < -0.4 is 9.47 Å². The normalized spacial score (nSPS) is 24.1. The summed E-state index contributed by atoms with van der Waals surface area (Å²) in [6, 6.07) is 14.2. The van der Waals surface area contributed by atoms with Gasteiger partial charge in [0.1, 0.15) is 0 Å². The van der Waals surface area contributed by atoms with E-state index >= 15 is 0 Å². The topological polar surface area (TPSA) is 99.5 Å². The van der Waals surface area contributed by atoms with Crippen molar-refractivity contribution < 1.29 is 29.6 Å². The lowest BCUT2D eigenvalue weighted by molar-refractivity contribution is -0.141. The molecule has 0 aromatic heterocycles. The van der Waals surface area contributed by atoms with Crippen LogP contribution in [0.4, 0.5) is 0 Å². The van der Waals surface area contributed by atoms with Gasteiger partial charge in [0.05, 0.1) is 26.4 Å². The van der Waals surface area contributed by atoms with Crippen LogP contribution in [-0.2, 0) is 17.6 Å². The average Bonchev–Trinajstić information content (AvgIpc) is 3.43. The van der Waals surface area contributed by atoms with Gasteiger partial charge >= 0.3 is 0 Å². The van der Waals surface area contributed by atoms with Gasteiger partial charge in [-0.2, -0.15) is 0 Å². The summed E-state index contributed by atoms with van der Waals surface area (Å²) < 4.78 is 11.8. The Bertz CT molecular complexity index is 999. The molecule has 0 radical (unpaired) electrons. The van der Waals surface area contributed by atoms with Crippen LogP contribution in [0.2, 0.25) is 0 Å². The number of aliphatic hydroxyl groups excluding tert-OH is 3. The Kier molecular flexibility index (Phi) is 7.17. The predicted molar refractivity (Wildman–Crippen MR) is 128 cm³/mol. The van der Waals surface area contributed by atoms with Crippen molar-refractivity contribution in [2.24, 2.45) is 11.3 Å². The molecule has 1 saturated heterocycles. The second-order valence-electron chi connectivity index (χ2n) is 9.92. The SMILES string of the molecule is COc1ccc(C2CN(C(=O)C(O)CO)CC2(C)C(C)O)cc1OCC1Cc2ccccc2C1. The number of benzene rings is 2. The van der Waals surface area contributed by atoms with E-state index in [9.17, 15) is 20.1 Å². The average molecular weight is 470 g/mol. The van der Waals surface area contributed by atoms with Crippen LogP contribution in [-0.4, -0.2) is 71.7 Å². The van der Waals surface area contributed by atoms with Crippen molar-refractivity contribution in [1.82, 2.24) is 4.90 Å². The van der Waals surface area contributed by atoms with Crippen LogP contribution in [0, 0.1) is 11.3 Å². The first-order chi connectivity index (χ1) is 16.3. The number of hydrogen-bond acceptors (Lipinski definition) is 6. The number of aliphatic hydroxyl groups is 3. The van der Waals surface area contributed by atoms with Crippen molar-refractivity contribution in [3.63, 3.8) is 0 Å². The molecule has 1 fully saturated rings. The lowest BCUT2D eigenvalue weighted by atomic mass is 9.72. The number of ether oxygens (including phenoxy) is 2. The fourth-order valence-electron chi connectivity index (χ4n) is 5.38. The highest BCUT2D eigenvalue weighted by Gasteiger charge is 2.49. The minimum absolute atomic E-state index is 0.175. The third-order valence-electron chi connectivity index (χ3n) is 7.65. The molecule has 1 aliphatic heterocycles. The van der Waals surface area contributed by atoms with Gasteiger partial charge in [0, 0.05) is 30.3 Å². The molecular weight excluding hydrogens is 434 g/mol. The number of hydrogen-bond donors (Lipinski definition) is 3. The summed E-state index contributed by atoms with van der Waals surface area (Å²) in [7, 11) is 1.61. The van der Waals surface area contributed by atoms with Crippen molar-refractivity contribution >= 4 is 5.91 Å². The molecule has 2 aliphatic rings. The first-order valence-corrected chi connectivity index (χ1v) is 11.9. The van der Waals surface area contributed by atoms with Crippen molar-refractivity contribution in [1.29, 1.82) is 0 Å². The van der Waals surface area contributed by atoms with Crippen LogP contribution in [0.15, 0.2) is 42.5 Å². The molecule has 3 N–H and O–H groups in total. The maximum Gasteiger partial charge on any atom is 0.253 e. The van der Waals surface area contributed by atoms with E-state index in [-0.39, 0.29) is 12.5 Å². The standard InChI is InChI=1S/C27H35NO6/c1-17(30)27(2)16-28(26(32)23(31)14-29)13-22(27)21-8-9-24(33-3)25(12-21)34-15-18-10-19-6-4-5-7-20(19)11-18/h4-9,12,17-18,22-23,29-31H,10-11,13-16H2,1-3H3. The zero-order valence-corrected chi connectivity index (χ0v) is 20.1. The van der Waals surface area contributed by atoms with Crippen molar-refractivity contribution in [2.45, 2.75) is 44.8 Å². The van der Waals surface area contributed by atoms with Gasteiger partial charge in [-0.3, -0.25) is 4.79 Å². The fraction of sp³-hybridized carbons (Fsp3) is 0.519. The number of likely N-dealkylation sites (tertiary alicyclic amines) is 1. The van der Waals surface area contributed by atoms with E-state index in [1.54, 1.807) is 14.0 Å². The number of carbonyl (C=O) groups is 1. The predicted octanol–water partition coefficient (Wildman–Crippen LogP) is 2.16. The molecule has 4 rings (SSSR count). The zero-order valence-electron chi connectivity index (χ0n) is 20.1. The highest BCUT2D eigenvalue weighted by molar-refractivity contribution is 5.81. The number of nitrogens with zero attached hydrogens (tertiary/aromatic N) is 1. The largest absolute Gasteiger partial charge is 0.493 e. The lowest BCUT2D eigenvalue weighted by Gasteiger charge is -2.34. The number of methoxy groups -OCH3 is 1. The summed E-state index contributed by atoms with van der Waals surface area (Å²) in [5.74, 6) is 0.978. The molecule has 1 amide bonds. The van der Waals surface area contributed by atoms with Gasteiger partial charge in [0.2, 0.25) is 0 Å². The molecule has 1 aliphatic carbocycles. The van der Waals surface area contributed by atoms with Gasteiger partial charge in [0.25, 0.3) is 5.91 Å². The molecule has 7 nitrogen and oxygen atoms in total. The molecule has 7 heteroatoms. The molecule has 34 heavy (non-hydrogen) atoms. The second-order valence-corrected chi connectivity index (χ2v) is 9.92. The van der Waals surface area contributed by atoms with Gasteiger partial charge in [0.15, 0.2) is 17.6 Å². The monoisotopic (exact) mass is 469 g/mol. The van der Waals surface area contributed by atoms with Gasteiger partial charge in [-0.05, 0) is 48.6 Å². The van der Waals surface area contributed by atoms with Crippen LogP contribution in [0.5, 0.6) is 11.5 Å². The Morgan fingerprint density at radius 3 is 2.41 bits per heavy atom. The molecule has 0 bridgehead atoms. The highest BCUT2D eigenvalue weighted by Crippen LogP contribution is 2.47. The maximum atomic E-state index is 12.6. The van der Waals surface area contributed by atoms with E-state index in [4.69, 9.17) is 9.47 Å². The zero-order chi connectivity index (χ0) is 24.5. The van der Waals surface area contributed by atoms with Crippen molar-refractivity contribution in [3.8, 4) is 11.5 Å². The summed E-state index contributed by atoms with van der Waals surface area (Å²) in [5, 5.41) is 29.7. The second kappa shape index (κ2) is 9.94. The van der Waals surface area contributed by atoms with Gasteiger partial charge in [-0.1, -0.05) is 37.3 Å². The Hall–Kier alpha value is -2.61. The maximum absolute atomic E-state index is 12.6. The quantitative estimate of drug-likeness (QED) is 0.548. The molecule has 1 heterocycles. The molecule has 0 saturated carbocycles. The molecule has 2 aromatic rings. The van der Waals surface area contributed by atoms with E-state index in [1.165, 1.54) is 16.0 Å². The fourth-order valence-corrected chi connectivity index (χ4v) is 5.38. The summed E-state index contributed by atoms with van der Waals surface area (Å²) >= 11 is 0. The third-order valence-corrected chi connectivity index (χ3v) is 7.65. The van der Waals surface area contributed by atoms with E-state index in [0.29, 0.717) is 30.6 Å². The van der Waals surface area contributed by atoms with Crippen LogP contribution >= 0.6 is 0 Å². The van der Waals surface area contributed by atoms with E-state index in [2.05, 4.69) is 24.3 Å². The summed E-state index contributed by atoms with van der Waals surface area (Å²) in [5.41, 5.74) is 3.07. The van der Waals surface area contributed by atoms with Crippen LogP contribution in [0.3, 0.4) is 0 Å². The Balaban J connectivity index is 1.54. The molecule has 4 atom stereocenters. The summed E-state index contributed by atoms with van der Waals surface area (Å²) in [6.07, 6.45) is -0.164. The van der Waals surface area contributed by atoms with Crippen molar-refractivity contribution in [2.75, 3.05) is 33.4 Å². The Morgan fingerprint density at radius 1 is 1.15 bits per heavy atom. The molecule has 2 aromatic carbocycles. The van der Waals surface area contributed by atoms with Gasteiger partial charge in [-0.25, -0.2) is 0 Å². The number of fused-ring (bicyclic) bond motifs is 1.